The predicted molar refractivity (Wildman–Crippen MR) is 116 cm³/mol. The molecule has 1 aliphatic rings. The second kappa shape index (κ2) is 8.84. The highest BCUT2D eigenvalue weighted by atomic mass is 32.1. The molecule has 3 heterocycles. The maximum absolute atomic E-state index is 12.9. The number of aryl methyl sites for hydroxylation is 1. The Hall–Kier alpha value is -3.27. The van der Waals surface area contributed by atoms with Crippen LogP contribution in [0.4, 0.5) is 0 Å². The average molecular weight is 441 g/mol. The van der Waals surface area contributed by atoms with Crippen molar-refractivity contribution in [2.24, 2.45) is 0 Å². The Kier molecular flexibility index (Phi) is 5.99. The number of methoxy groups -OCH3 is 1. The number of aromatic nitrogens is 4. The maximum Gasteiger partial charge on any atom is 0.269 e. The number of likely N-dealkylation sites (tertiary alicyclic amines) is 1. The summed E-state index contributed by atoms with van der Waals surface area (Å²) in [6.07, 6.45) is 1.74. The first-order valence-corrected chi connectivity index (χ1v) is 10.8. The lowest BCUT2D eigenvalue weighted by Gasteiger charge is -2.31. The van der Waals surface area contributed by atoms with E-state index in [1.54, 1.807) is 21.1 Å². The van der Waals surface area contributed by atoms with Crippen LogP contribution in [0.3, 0.4) is 0 Å². The summed E-state index contributed by atoms with van der Waals surface area (Å²) in [6, 6.07) is 7.43. The maximum atomic E-state index is 12.9. The van der Waals surface area contributed by atoms with E-state index in [1.807, 2.05) is 29.2 Å². The van der Waals surface area contributed by atoms with Crippen LogP contribution in [-0.2, 0) is 0 Å². The number of nitrogens with one attached hydrogen (secondary N) is 2. The van der Waals surface area contributed by atoms with Crippen LogP contribution in [0, 0.1) is 6.92 Å². The van der Waals surface area contributed by atoms with Gasteiger partial charge in [0.25, 0.3) is 11.8 Å². The molecule has 10 heteroatoms. The Bertz CT molecular complexity index is 1090. The van der Waals surface area contributed by atoms with Gasteiger partial charge in [0, 0.05) is 31.6 Å². The van der Waals surface area contributed by atoms with E-state index in [9.17, 15) is 9.59 Å². The van der Waals surface area contributed by atoms with Gasteiger partial charge in [0.1, 0.15) is 27.8 Å². The summed E-state index contributed by atoms with van der Waals surface area (Å²) < 4.78 is 9.10. The molecule has 1 atom stereocenters. The van der Waals surface area contributed by atoms with Crippen molar-refractivity contribution in [3.8, 4) is 17.0 Å². The minimum absolute atomic E-state index is 0.00860. The fourth-order valence-corrected chi connectivity index (χ4v) is 4.41. The van der Waals surface area contributed by atoms with Gasteiger partial charge in [-0.1, -0.05) is 4.49 Å². The van der Waals surface area contributed by atoms with Gasteiger partial charge in [0.15, 0.2) is 0 Å². The number of amides is 2. The molecule has 0 aliphatic carbocycles. The molecule has 0 radical (unpaired) electrons. The van der Waals surface area contributed by atoms with E-state index in [-0.39, 0.29) is 17.7 Å². The largest absolute Gasteiger partial charge is 0.497 e. The van der Waals surface area contributed by atoms with Crippen LogP contribution in [0.1, 0.15) is 50.4 Å². The molecule has 0 saturated carbocycles. The monoisotopic (exact) mass is 440 g/mol. The number of ether oxygens (including phenoxy) is 1. The Balaban J connectivity index is 1.62. The molecule has 4 rings (SSSR count). The summed E-state index contributed by atoms with van der Waals surface area (Å²) in [6.45, 7) is 3.00. The summed E-state index contributed by atoms with van der Waals surface area (Å²) in [5.41, 5.74) is 2.47. The van der Waals surface area contributed by atoms with Crippen LogP contribution in [0.5, 0.6) is 5.75 Å². The molecule has 31 heavy (non-hydrogen) atoms. The zero-order valence-corrected chi connectivity index (χ0v) is 18.5. The van der Waals surface area contributed by atoms with Gasteiger partial charge in [-0.15, -0.1) is 5.10 Å². The molecule has 3 aromatic rings. The number of aromatic amines is 1. The molecule has 162 valence electrons. The molecule has 1 unspecified atom stereocenters. The highest BCUT2D eigenvalue weighted by Gasteiger charge is 2.30. The minimum atomic E-state index is -0.236. The van der Waals surface area contributed by atoms with Crippen molar-refractivity contribution in [2.45, 2.75) is 25.7 Å². The molecule has 0 bridgehead atoms. The standard InChI is InChI=1S/C21H24N6O3S/c1-12-18(31-26-25-12)21(29)27-10-4-5-14(11-27)19-23-16(17(24-19)20(28)22-2)13-6-8-15(30-3)9-7-13/h6-9,14H,4-5,10-11H2,1-3H3,(H,22,28)(H,23,24). The van der Waals surface area contributed by atoms with Gasteiger partial charge in [-0.25, -0.2) is 4.98 Å². The van der Waals surface area contributed by atoms with Crippen molar-refractivity contribution >= 4 is 23.3 Å². The fourth-order valence-electron chi connectivity index (χ4n) is 3.79. The van der Waals surface area contributed by atoms with E-state index >= 15 is 0 Å². The van der Waals surface area contributed by atoms with Crippen molar-refractivity contribution in [1.82, 2.24) is 29.8 Å². The number of H-pyrrole nitrogens is 1. The van der Waals surface area contributed by atoms with Gasteiger partial charge in [0.05, 0.1) is 12.8 Å². The molecule has 1 aliphatic heterocycles. The smallest absolute Gasteiger partial charge is 0.269 e. The lowest BCUT2D eigenvalue weighted by molar-refractivity contribution is 0.0708. The number of hydrogen-bond donors (Lipinski definition) is 2. The molecule has 9 nitrogen and oxygen atoms in total. The lowest BCUT2D eigenvalue weighted by Crippen LogP contribution is -2.39. The third kappa shape index (κ3) is 4.15. The second-order valence-electron chi connectivity index (χ2n) is 7.43. The number of rotatable bonds is 5. The van der Waals surface area contributed by atoms with Crippen LogP contribution in [0.25, 0.3) is 11.3 Å². The average Bonchev–Trinajstić information content (AvgIpc) is 3.45. The molecular formula is C21H24N6O3S. The van der Waals surface area contributed by atoms with Gasteiger partial charge in [-0.2, -0.15) is 0 Å². The van der Waals surface area contributed by atoms with Crippen LogP contribution in [-0.4, -0.2) is 63.5 Å². The third-order valence-electron chi connectivity index (χ3n) is 5.48. The first kappa shape index (κ1) is 21.0. The van der Waals surface area contributed by atoms with E-state index in [2.05, 4.69) is 19.9 Å². The SMILES string of the molecule is CNC(=O)c1[nH]c(C2CCCN(C(=O)c3snnc3C)C2)nc1-c1ccc(OC)cc1. The van der Waals surface area contributed by atoms with Crippen molar-refractivity contribution < 1.29 is 14.3 Å². The topological polar surface area (TPSA) is 113 Å². The Morgan fingerprint density at radius 1 is 1.29 bits per heavy atom. The molecular weight excluding hydrogens is 416 g/mol. The van der Waals surface area contributed by atoms with E-state index in [1.165, 1.54) is 0 Å². The lowest BCUT2D eigenvalue weighted by atomic mass is 9.97. The van der Waals surface area contributed by atoms with Crippen molar-refractivity contribution in [3.05, 3.63) is 46.4 Å². The van der Waals surface area contributed by atoms with E-state index in [0.717, 1.165) is 35.7 Å². The molecule has 1 saturated heterocycles. The summed E-state index contributed by atoms with van der Waals surface area (Å²) in [4.78, 5) is 35.8. The highest BCUT2D eigenvalue weighted by Crippen LogP contribution is 2.31. The van der Waals surface area contributed by atoms with Crippen molar-refractivity contribution in [3.63, 3.8) is 0 Å². The van der Waals surface area contributed by atoms with Gasteiger partial charge >= 0.3 is 0 Å². The summed E-state index contributed by atoms with van der Waals surface area (Å²) in [5.74, 6) is 1.16. The van der Waals surface area contributed by atoms with Gasteiger partial charge in [-0.3, -0.25) is 9.59 Å². The van der Waals surface area contributed by atoms with Crippen molar-refractivity contribution in [2.75, 3.05) is 27.2 Å². The molecule has 2 aromatic heterocycles. The fraction of sp³-hybridized carbons (Fsp3) is 0.381. The molecule has 1 aromatic carbocycles. The quantitative estimate of drug-likeness (QED) is 0.631. The van der Waals surface area contributed by atoms with Crippen molar-refractivity contribution in [1.29, 1.82) is 0 Å². The number of nitrogens with zero attached hydrogens (tertiary/aromatic N) is 4. The normalized spacial score (nSPS) is 16.2. The van der Waals surface area contributed by atoms with Crippen LogP contribution >= 0.6 is 11.5 Å². The number of imidazole rings is 1. The van der Waals surface area contributed by atoms with Gasteiger partial charge in [0.2, 0.25) is 0 Å². The number of piperidine rings is 1. The van der Waals surface area contributed by atoms with Gasteiger partial charge < -0.3 is 19.9 Å². The van der Waals surface area contributed by atoms with Gasteiger partial charge in [-0.05, 0) is 55.6 Å². The second-order valence-corrected chi connectivity index (χ2v) is 8.19. The Labute approximate surface area is 184 Å². The first-order chi connectivity index (χ1) is 15.0. The molecule has 1 fully saturated rings. The predicted octanol–water partition coefficient (Wildman–Crippen LogP) is 2.62. The number of hydrogen-bond acceptors (Lipinski definition) is 7. The zero-order chi connectivity index (χ0) is 22.0. The van der Waals surface area contributed by atoms with Crippen LogP contribution in [0.15, 0.2) is 24.3 Å². The molecule has 0 spiro atoms. The summed E-state index contributed by atoms with van der Waals surface area (Å²) in [5, 5.41) is 6.62. The van der Waals surface area contributed by atoms with Crippen LogP contribution in [0.2, 0.25) is 0 Å². The third-order valence-corrected chi connectivity index (χ3v) is 6.30. The first-order valence-electron chi connectivity index (χ1n) is 10.1. The molecule has 2 N–H and O–H groups in total. The number of carbonyl (C=O) groups is 2. The highest BCUT2D eigenvalue weighted by molar-refractivity contribution is 7.07. The summed E-state index contributed by atoms with van der Waals surface area (Å²) >= 11 is 1.12. The minimum Gasteiger partial charge on any atom is -0.497 e. The molecule has 2 amide bonds. The number of carbonyl (C=O) groups excluding carboxylic acids is 2. The van der Waals surface area contributed by atoms with E-state index < -0.39 is 0 Å². The number of benzene rings is 1. The Morgan fingerprint density at radius 3 is 2.71 bits per heavy atom. The summed E-state index contributed by atoms with van der Waals surface area (Å²) in [7, 11) is 3.20. The van der Waals surface area contributed by atoms with E-state index in [4.69, 9.17) is 9.72 Å². The zero-order valence-electron chi connectivity index (χ0n) is 17.6. The van der Waals surface area contributed by atoms with E-state index in [0.29, 0.717) is 40.9 Å². The Morgan fingerprint density at radius 2 is 2.06 bits per heavy atom. The van der Waals surface area contributed by atoms with Crippen LogP contribution < -0.4 is 10.1 Å².